The van der Waals surface area contributed by atoms with Gasteiger partial charge < -0.3 is 0 Å². The normalized spacial score (nSPS) is 16.7. The molecule has 2 heterocycles. The van der Waals surface area contributed by atoms with Crippen molar-refractivity contribution < 1.29 is 9.59 Å². The molecule has 0 N–H and O–H groups in total. The van der Waals surface area contributed by atoms with Crippen molar-refractivity contribution >= 4 is 63.5 Å². The molecule has 3 rings (SSSR count). The molecule has 0 unspecified atom stereocenters. The van der Waals surface area contributed by atoms with E-state index in [0.717, 1.165) is 27.1 Å². The van der Waals surface area contributed by atoms with Crippen molar-refractivity contribution in [2.75, 3.05) is 0 Å². The molecule has 1 fully saturated rings. The van der Waals surface area contributed by atoms with E-state index in [0.29, 0.717) is 15.0 Å². The van der Waals surface area contributed by atoms with Gasteiger partial charge in [0.1, 0.15) is 0 Å². The first-order valence-electron chi connectivity index (χ1n) is 6.70. The first-order chi connectivity index (χ1) is 10.9. The van der Waals surface area contributed by atoms with E-state index in [4.69, 9.17) is 23.2 Å². The lowest BCUT2D eigenvalue weighted by molar-refractivity contribution is -0.123. The number of carbonyl (C=O) groups excluding carboxylic acids is 2. The Hall–Kier alpha value is -1.27. The maximum Gasteiger partial charge on any atom is 0.293 e. The predicted molar refractivity (Wildman–Crippen MR) is 97.0 cm³/mol. The number of imide groups is 1. The average Bonchev–Trinajstić information content (AvgIpc) is 3.02. The summed E-state index contributed by atoms with van der Waals surface area (Å²) in [5.41, 5.74) is 0.759. The van der Waals surface area contributed by atoms with Crippen LogP contribution in [0.4, 0.5) is 4.79 Å². The molecule has 1 aromatic heterocycles. The first-order valence-corrected chi connectivity index (χ1v) is 9.08. The molecule has 3 nitrogen and oxygen atoms in total. The van der Waals surface area contributed by atoms with E-state index in [1.54, 1.807) is 35.6 Å². The second-order valence-electron chi connectivity index (χ2n) is 4.96. The Morgan fingerprint density at radius 1 is 1.13 bits per heavy atom. The smallest absolute Gasteiger partial charge is 0.268 e. The van der Waals surface area contributed by atoms with Gasteiger partial charge in [0.15, 0.2) is 0 Å². The Kier molecular flexibility index (Phi) is 4.82. The van der Waals surface area contributed by atoms with Gasteiger partial charge in [-0.15, -0.1) is 11.3 Å². The van der Waals surface area contributed by atoms with Gasteiger partial charge in [-0.3, -0.25) is 14.5 Å². The van der Waals surface area contributed by atoms with Crippen LogP contribution in [0.1, 0.15) is 15.3 Å². The number of amides is 2. The van der Waals surface area contributed by atoms with E-state index in [1.807, 2.05) is 19.1 Å². The maximum absolute atomic E-state index is 12.4. The monoisotopic (exact) mass is 383 g/mol. The van der Waals surface area contributed by atoms with Crippen LogP contribution in [0.3, 0.4) is 0 Å². The molecular weight excluding hydrogens is 373 g/mol. The molecule has 0 aliphatic carbocycles. The Morgan fingerprint density at radius 3 is 2.57 bits per heavy atom. The molecule has 0 spiro atoms. The number of halogens is 2. The number of thioether (sulfide) groups is 1. The van der Waals surface area contributed by atoms with E-state index in [-0.39, 0.29) is 17.7 Å². The van der Waals surface area contributed by atoms with Gasteiger partial charge in [-0.1, -0.05) is 29.3 Å². The Labute approximate surface area is 151 Å². The van der Waals surface area contributed by atoms with E-state index in [9.17, 15) is 9.59 Å². The number of carbonyl (C=O) groups is 2. The molecule has 23 heavy (non-hydrogen) atoms. The molecule has 1 aromatic carbocycles. The molecule has 7 heteroatoms. The highest BCUT2D eigenvalue weighted by molar-refractivity contribution is 8.18. The number of hydrogen-bond acceptors (Lipinski definition) is 4. The van der Waals surface area contributed by atoms with Crippen molar-refractivity contribution in [2.24, 2.45) is 0 Å². The Balaban J connectivity index is 1.81. The zero-order valence-corrected chi connectivity index (χ0v) is 15.2. The number of thiophene rings is 1. The molecule has 2 amide bonds. The third-order valence-electron chi connectivity index (χ3n) is 3.23. The highest BCUT2D eigenvalue weighted by Crippen LogP contribution is 2.35. The van der Waals surface area contributed by atoms with Crippen LogP contribution in [-0.2, 0) is 11.3 Å². The average molecular weight is 384 g/mol. The zero-order chi connectivity index (χ0) is 16.6. The molecular formula is C16H11Cl2NO2S2. The van der Waals surface area contributed by atoms with Gasteiger partial charge in [0.2, 0.25) is 0 Å². The fourth-order valence-corrected chi connectivity index (χ4v) is 4.16. The molecule has 1 aliphatic rings. The molecule has 1 saturated heterocycles. The lowest BCUT2D eigenvalue weighted by Gasteiger charge is -2.12. The van der Waals surface area contributed by atoms with Crippen molar-refractivity contribution in [2.45, 2.75) is 13.5 Å². The summed E-state index contributed by atoms with van der Waals surface area (Å²) in [5.74, 6) is -0.280. The van der Waals surface area contributed by atoms with Gasteiger partial charge >= 0.3 is 0 Å². The molecule has 1 aliphatic heterocycles. The summed E-state index contributed by atoms with van der Waals surface area (Å²) < 4.78 is 0. The van der Waals surface area contributed by atoms with Gasteiger partial charge in [0.25, 0.3) is 11.1 Å². The molecule has 2 aromatic rings. The van der Waals surface area contributed by atoms with Gasteiger partial charge in [0, 0.05) is 9.75 Å². The fraction of sp³-hybridized carbons (Fsp3) is 0.125. The summed E-state index contributed by atoms with van der Waals surface area (Å²) in [4.78, 5) is 28.3. The van der Waals surface area contributed by atoms with Crippen molar-refractivity contribution in [3.63, 3.8) is 0 Å². The lowest BCUT2D eigenvalue weighted by atomic mass is 10.2. The number of nitrogens with zero attached hydrogens (tertiary/aromatic N) is 1. The van der Waals surface area contributed by atoms with E-state index >= 15 is 0 Å². The summed E-state index contributed by atoms with van der Waals surface area (Å²) in [6, 6.07) is 9.00. The van der Waals surface area contributed by atoms with E-state index < -0.39 is 0 Å². The van der Waals surface area contributed by atoms with Gasteiger partial charge in [-0.05, 0) is 54.6 Å². The first kappa shape index (κ1) is 16.6. The Morgan fingerprint density at radius 2 is 1.91 bits per heavy atom. The van der Waals surface area contributed by atoms with Crippen LogP contribution in [-0.4, -0.2) is 16.0 Å². The number of benzene rings is 1. The summed E-state index contributed by atoms with van der Waals surface area (Å²) in [6.07, 6.45) is 1.76. The third-order valence-corrected chi connectivity index (χ3v) is 5.83. The van der Waals surface area contributed by atoms with Crippen LogP contribution in [0.15, 0.2) is 35.2 Å². The van der Waals surface area contributed by atoms with Crippen LogP contribution in [0.5, 0.6) is 0 Å². The molecule has 0 bridgehead atoms. The molecule has 0 saturated carbocycles. The van der Waals surface area contributed by atoms with E-state index in [1.165, 1.54) is 4.90 Å². The van der Waals surface area contributed by atoms with Crippen LogP contribution in [0.2, 0.25) is 10.0 Å². The van der Waals surface area contributed by atoms with Gasteiger partial charge in [0.05, 0.1) is 21.5 Å². The fourth-order valence-electron chi connectivity index (χ4n) is 2.12. The van der Waals surface area contributed by atoms with Crippen molar-refractivity contribution in [3.05, 3.63) is 60.6 Å². The Bertz CT molecular complexity index is 829. The standard InChI is InChI=1S/C16H11Cl2NO2S2/c1-9-2-4-11(22-9)7-14-15(20)19(16(21)23-14)8-10-3-5-12(17)13(18)6-10/h2-7H,8H2,1H3/b14-7+. The van der Waals surface area contributed by atoms with E-state index in [2.05, 4.69) is 0 Å². The molecule has 118 valence electrons. The third kappa shape index (κ3) is 3.63. The minimum atomic E-state index is -0.280. The quantitative estimate of drug-likeness (QED) is 0.647. The van der Waals surface area contributed by atoms with Gasteiger partial charge in [-0.25, -0.2) is 0 Å². The second kappa shape index (κ2) is 6.69. The largest absolute Gasteiger partial charge is 0.293 e. The summed E-state index contributed by atoms with van der Waals surface area (Å²) >= 11 is 14.4. The highest BCUT2D eigenvalue weighted by atomic mass is 35.5. The maximum atomic E-state index is 12.4. The summed E-state index contributed by atoms with van der Waals surface area (Å²) in [7, 11) is 0. The van der Waals surface area contributed by atoms with Crippen molar-refractivity contribution in [1.82, 2.24) is 4.90 Å². The number of aryl methyl sites for hydroxylation is 1. The minimum Gasteiger partial charge on any atom is -0.268 e. The van der Waals surface area contributed by atoms with Crippen LogP contribution in [0.25, 0.3) is 6.08 Å². The van der Waals surface area contributed by atoms with Gasteiger partial charge in [-0.2, -0.15) is 0 Å². The second-order valence-corrected chi connectivity index (χ2v) is 8.09. The predicted octanol–water partition coefficient (Wildman–Crippen LogP) is 5.60. The van der Waals surface area contributed by atoms with Crippen LogP contribution < -0.4 is 0 Å². The summed E-state index contributed by atoms with van der Waals surface area (Å²) in [5, 5.41) is 0.568. The lowest BCUT2D eigenvalue weighted by Crippen LogP contribution is -2.27. The molecule has 0 atom stereocenters. The number of rotatable bonds is 3. The highest BCUT2D eigenvalue weighted by Gasteiger charge is 2.35. The molecule has 0 radical (unpaired) electrons. The van der Waals surface area contributed by atoms with Crippen LogP contribution in [0, 0.1) is 6.92 Å². The van der Waals surface area contributed by atoms with Crippen LogP contribution >= 0.6 is 46.3 Å². The number of hydrogen-bond donors (Lipinski definition) is 0. The van der Waals surface area contributed by atoms with Crippen molar-refractivity contribution in [1.29, 1.82) is 0 Å². The minimum absolute atomic E-state index is 0.183. The zero-order valence-electron chi connectivity index (χ0n) is 12.0. The topological polar surface area (TPSA) is 37.4 Å². The SMILES string of the molecule is Cc1ccc(/C=C2/SC(=O)N(Cc3ccc(Cl)c(Cl)c3)C2=O)s1. The summed E-state index contributed by atoms with van der Waals surface area (Å²) in [6.45, 7) is 2.18. The van der Waals surface area contributed by atoms with Crippen molar-refractivity contribution in [3.8, 4) is 0 Å².